The van der Waals surface area contributed by atoms with Gasteiger partial charge in [-0.3, -0.25) is 4.79 Å². The van der Waals surface area contributed by atoms with Crippen LogP contribution < -0.4 is 16.0 Å². The van der Waals surface area contributed by atoms with E-state index in [1.807, 2.05) is 20.8 Å². The molecule has 11 heteroatoms. The number of hydrogen-bond donors (Lipinski definition) is 3. The normalized spacial score (nSPS) is 17.2. The summed E-state index contributed by atoms with van der Waals surface area (Å²) in [5.41, 5.74) is 1.07. The Labute approximate surface area is 226 Å². The van der Waals surface area contributed by atoms with Crippen molar-refractivity contribution >= 4 is 64.1 Å². The topological polar surface area (TPSA) is 93.8 Å². The minimum absolute atomic E-state index is 0.100. The molecule has 0 spiro atoms. The van der Waals surface area contributed by atoms with Crippen molar-refractivity contribution in [3.8, 4) is 0 Å². The number of benzene rings is 2. The molecule has 0 saturated carbocycles. The number of urea groups is 2. The SMILES string of the molecule is CCC(C)C(NC(=O)Nc1ccc(Cl)c(Cl)c1)C(=O)N1CCN(C(=O)Nc2cccc(Cl)c2)C(C)C1. The number of nitrogens with zero attached hydrogens (tertiary/aromatic N) is 2. The molecule has 0 aliphatic carbocycles. The minimum atomic E-state index is -0.725. The third kappa shape index (κ3) is 7.18. The van der Waals surface area contributed by atoms with Crippen LogP contribution in [0.3, 0.4) is 0 Å². The lowest BCUT2D eigenvalue weighted by atomic mass is 9.97. The van der Waals surface area contributed by atoms with Crippen molar-refractivity contribution in [3.05, 3.63) is 57.5 Å². The molecular formula is C25H30Cl3N5O3. The summed E-state index contributed by atoms with van der Waals surface area (Å²) in [5.74, 6) is -0.285. The molecule has 1 aliphatic rings. The Bertz CT molecular complexity index is 1120. The van der Waals surface area contributed by atoms with Gasteiger partial charge in [0, 0.05) is 42.1 Å². The molecule has 0 radical (unpaired) electrons. The fraction of sp³-hybridized carbons (Fsp3) is 0.400. The molecule has 1 aliphatic heterocycles. The lowest BCUT2D eigenvalue weighted by Crippen LogP contribution is -2.60. The van der Waals surface area contributed by atoms with E-state index >= 15 is 0 Å². The molecule has 2 aromatic rings. The molecule has 194 valence electrons. The molecule has 1 heterocycles. The van der Waals surface area contributed by atoms with E-state index in [0.717, 1.165) is 0 Å². The number of hydrogen-bond acceptors (Lipinski definition) is 3. The van der Waals surface area contributed by atoms with Gasteiger partial charge in [0.2, 0.25) is 5.91 Å². The summed E-state index contributed by atoms with van der Waals surface area (Å²) in [6, 6.07) is 9.97. The Morgan fingerprint density at radius 3 is 2.36 bits per heavy atom. The van der Waals surface area contributed by atoms with E-state index in [9.17, 15) is 14.4 Å². The zero-order chi connectivity index (χ0) is 26.4. The van der Waals surface area contributed by atoms with E-state index in [-0.39, 0.29) is 23.9 Å². The minimum Gasteiger partial charge on any atom is -0.337 e. The van der Waals surface area contributed by atoms with Crippen molar-refractivity contribution in [2.24, 2.45) is 5.92 Å². The number of anilines is 2. The lowest BCUT2D eigenvalue weighted by molar-refractivity contribution is -0.136. The summed E-state index contributed by atoms with van der Waals surface area (Å²) < 4.78 is 0. The average molecular weight is 555 g/mol. The fourth-order valence-corrected chi connectivity index (χ4v) is 4.47. The molecular weight excluding hydrogens is 525 g/mol. The summed E-state index contributed by atoms with van der Waals surface area (Å²) in [6.45, 7) is 6.84. The van der Waals surface area contributed by atoms with Crippen LogP contribution in [0.2, 0.25) is 15.1 Å². The van der Waals surface area contributed by atoms with Gasteiger partial charge in [0.05, 0.1) is 10.0 Å². The van der Waals surface area contributed by atoms with Crippen LogP contribution in [-0.4, -0.2) is 59.5 Å². The van der Waals surface area contributed by atoms with Crippen molar-refractivity contribution in [1.82, 2.24) is 15.1 Å². The van der Waals surface area contributed by atoms with Crippen LogP contribution in [0.5, 0.6) is 0 Å². The van der Waals surface area contributed by atoms with Gasteiger partial charge in [-0.2, -0.15) is 0 Å². The molecule has 2 aromatic carbocycles. The highest BCUT2D eigenvalue weighted by atomic mass is 35.5. The number of carbonyl (C=O) groups excluding carboxylic acids is 3. The van der Waals surface area contributed by atoms with Gasteiger partial charge < -0.3 is 25.8 Å². The first-order valence-electron chi connectivity index (χ1n) is 11.7. The van der Waals surface area contributed by atoms with Gasteiger partial charge in [-0.25, -0.2) is 9.59 Å². The van der Waals surface area contributed by atoms with Gasteiger partial charge in [-0.05, 0) is 49.2 Å². The predicted molar refractivity (Wildman–Crippen MR) is 145 cm³/mol. The first kappa shape index (κ1) is 27.9. The highest BCUT2D eigenvalue weighted by molar-refractivity contribution is 6.42. The molecule has 3 atom stereocenters. The Morgan fingerprint density at radius 1 is 1.00 bits per heavy atom. The molecule has 8 nitrogen and oxygen atoms in total. The van der Waals surface area contributed by atoms with Crippen LogP contribution in [0, 0.1) is 5.92 Å². The van der Waals surface area contributed by atoms with Crippen LogP contribution in [-0.2, 0) is 4.79 Å². The number of nitrogens with one attached hydrogen (secondary N) is 3. The van der Waals surface area contributed by atoms with Crippen molar-refractivity contribution in [2.45, 2.75) is 39.3 Å². The maximum Gasteiger partial charge on any atom is 0.322 e. The molecule has 36 heavy (non-hydrogen) atoms. The molecule has 3 N–H and O–H groups in total. The summed E-state index contributed by atoms with van der Waals surface area (Å²) in [5, 5.41) is 9.59. The van der Waals surface area contributed by atoms with E-state index in [2.05, 4.69) is 16.0 Å². The monoisotopic (exact) mass is 553 g/mol. The van der Waals surface area contributed by atoms with Crippen LogP contribution in [0.4, 0.5) is 21.0 Å². The average Bonchev–Trinajstić information content (AvgIpc) is 2.83. The van der Waals surface area contributed by atoms with Gasteiger partial charge in [0.15, 0.2) is 0 Å². The van der Waals surface area contributed by atoms with E-state index in [4.69, 9.17) is 34.8 Å². The maximum atomic E-state index is 13.4. The van der Waals surface area contributed by atoms with Crippen LogP contribution >= 0.6 is 34.8 Å². The number of piperazine rings is 1. The van der Waals surface area contributed by atoms with E-state index in [0.29, 0.717) is 52.5 Å². The molecule has 0 bridgehead atoms. The van der Waals surface area contributed by atoms with E-state index < -0.39 is 12.1 Å². The second-order valence-electron chi connectivity index (χ2n) is 8.86. The zero-order valence-electron chi connectivity index (χ0n) is 20.4. The zero-order valence-corrected chi connectivity index (χ0v) is 22.6. The second-order valence-corrected chi connectivity index (χ2v) is 10.1. The third-order valence-electron chi connectivity index (χ3n) is 6.22. The third-order valence-corrected chi connectivity index (χ3v) is 7.19. The van der Waals surface area contributed by atoms with Crippen molar-refractivity contribution in [3.63, 3.8) is 0 Å². The Balaban J connectivity index is 1.62. The largest absolute Gasteiger partial charge is 0.337 e. The lowest BCUT2D eigenvalue weighted by Gasteiger charge is -2.41. The van der Waals surface area contributed by atoms with Crippen LogP contribution in [0.15, 0.2) is 42.5 Å². The quantitative estimate of drug-likeness (QED) is 0.412. The Morgan fingerprint density at radius 2 is 1.72 bits per heavy atom. The molecule has 1 saturated heterocycles. The van der Waals surface area contributed by atoms with Crippen molar-refractivity contribution in [1.29, 1.82) is 0 Å². The standard InChI is InChI=1S/C25H30Cl3N5O3/c1-4-15(2)22(31-24(35)29-19-8-9-20(27)21(28)13-19)23(34)32-10-11-33(16(3)14-32)25(36)30-18-7-5-6-17(26)12-18/h5-9,12-13,15-16,22H,4,10-11,14H2,1-3H3,(H,30,36)(H2,29,31,35). The number of rotatable bonds is 6. The Hall–Kier alpha value is -2.68. The second kappa shape index (κ2) is 12.5. The molecule has 1 fully saturated rings. The van der Waals surface area contributed by atoms with Crippen molar-refractivity contribution in [2.75, 3.05) is 30.3 Å². The summed E-state index contributed by atoms with van der Waals surface area (Å²) >= 11 is 18.0. The number of amides is 5. The molecule has 0 aromatic heterocycles. The summed E-state index contributed by atoms with van der Waals surface area (Å²) in [4.78, 5) is 42.3. The van der Waals surface area contributed by atoms with Gasteiger partial charge in [0.1, 0.15) is 6.04 Å². The van der Waals surface area contributed by atoms with E-state index in [1.54, 1.807) is 52.3 Å². The number of carbonyl (C=O) groups is 3. The smallest absolute Gasteiger partial charge is 0.322 e. The first-order valence-corrected chi connectivity index (χ1v) is 12.9. The van der Waals surface area contributed by atoms with Gasteiger partial charge in [-0.1, -0.05) is 61.1 Å². The van der Waals surface area contributed by atoms with Gasteiger partial charge >= 0.3 is 12.1 Å². The highest BCUT2D eigenvalue weighted by Gasteiger charge is 2.35. The van der Waals surface area contributed by atoms with Crippen molar-refractivity contribution < 1.29 is 14.4 Å². The fourth-order valence-electron chi connectivity index (χ4n) is 3.98. The van der Waals surface area contributed by atoms with Crippen LogP contribution in [0.25, 0.3) is 0 Å². The number of halogens is 3. The molecule has 3 rings (SSSR count). The molecule has 3 unspecified atom stereocenters. The molecule has 5 amide bonds. The Kier molecular flexibility index (Phi) is 9.70. The summed E-state index contributed by atoms with van der Waals surface area (Å²) in [6.07, 6.45) is 0.695. The first-order chi connectivity index (χ1) is 17.1. The van der Waals surface area contributed by atoms with Crippen LogP contribution in [0.1, 0.15) is 27.2 Å². The van der Waals surface area contributed by atoms with Gasteiger partial charge in [-0.15, -0.1) is 0 Å². The van der Waals surface area contributed by atoms with Gasteiger partial charge in [0.25, 0.3) is 0 Å². The van der Waals surface area contributed by atoms with E-state index in [1.165, 1.54) is 0 Å². The predicted octanol–water partition coefficient (Wildman–Crippen LogP) is 5.95. The summed E-state index contributed by atoms with van der Waals surface area (Å²) in [7, 11) is 0. The highest BCUT2D eigenvalue weighted by Crippen LogP contribution is 2.25. The maximum absolute atomic E-state index is 13.4.